The summed E-state index contributed by atoms with van der Waals surface area (Å²) in [5.74, 6) is 0.194. The number of rotatable bonds is 8. The zero-order valence-corrected chi connectivity index (χ0v) is 14.1. The first-order valence-corrected chi connectivity index (χ1v) is 8.59. The Labute approximate surface area is 147 Å². The van der Waals surface area contributed by atoms with Crippen molar-refractivity contribution in [1.29, 1.82) is 0 Å². The summed E-state index contributed by atoms with van der Waals surface area (Å²) < 4.78 is 19.7. The quantitative estimate of drug-likeness (QED) is 0.623. The van der Waals surface area contributed by atoms with E-state index >= 15 is 0 Å². The van der Waals surface area contributed by atoms with Crippen LogP contribution in [-0.2, 0) is 0 Å². The minimum atomic E-state index is -0.287. The van der Waals surface area contributed by atoms with Gasteiger partial charge in [0.25, 0.3) is 5.91 Å². The molecule has 0 fully saturated rings. The Hall–Kier alpha value is -2.81. The number of unbranched alkanes of at least 4 members (excludes halogenated alkanes) is 1. The van der Waals surface area contributed by atoms with Crippen LogP contribution >= 0.6 is 11.3 Å². The highest BCUT2D eigenvalue weighted by atomic mass is 32.1. The maximum Gasteiger partial charge on any atom is 0.263 e. The molecule has 7 nitrogen and oxygen atoms in total. The number of ether oxygens (including phenoxy) is 1. The number of benzene rings is 1. The van der Waals surface area contributed by atoms with Crippen LogP contribution in [0.15, 0.2) is 42.0 Å². The summed E-state index contributed by atoms with van der Waals surface area (Å²) in [5.41, 5.74) is 0.659. The number of hydrogen-bond acceptors (Lipinski definition) is 6. The first kappa shape index (κ1) is 17.0. The number of aromatic nitrogens is 4. The fourth-order valence-electron chi connectivity index (χ4n) is 2.15. The van der Waals surface area contributed by atoms with E-state index in [-0.39, 0.29) is 11.7 Å². The predicted octanol–water partition coefficient (Wildman–Crippen LogP) is 2.45. The SMILES string of the molecule is O=C(NCCCCOc1ccc(F)cc1)c1sccc1-n1cnnn1. The third-order valence-electron chi connectivity index (χ3n) is 3.39. The second-order valence-corrected chi connectivity index (χ2v) is 6.07. The number of nitrogens with one attached hydrogen (secondary N) is 1. The summed E-state index contributed by atoms with van der Waals surface area (Å²) in [4.78, 5) is 12.8. The van der Waals surface area contributed by atoms with Crippen molar-refractivity contribution >= 4 is 17.2 Å². The van der Waals surface area contributed by atoms with E-state index in [9.17, 15) is 9.18 Å². The van der Waals surface area contributed by atoms with Gasteiger partial charge >= 0.3 is 0 Å². The molecule has 1 aromatic carbocycles. The summed E-state index contributed by atoms with van der Waals surface area (Å²) in [6, 6.07) is 7.70. The van der Waals surface area contributed by atoms with Crippen LogP contribution in [0.25, 0.3) is 5.69 Å². The molecule has 2 aromatic heterocycles. The highest BCUT2D eigenvalue weighted by Gasteiger charge is 2.14. The van der Waals surface area contributed by atoms with Crippen LogP contribution in [0.1, 0.15) is 22.5 Å². The Balaban J connectivity index is 1.39. The van der Waals surface area contributed by atoms with Crippen molar-refractivity contribution in [3.05, 3.63) is 52.7 Å². The highest BCUT2D eigenvalue weighted by molar-refractivity contribution is 7.12. The molecule has 0 aliphatic rings. The van der Waals surface area contributed by atoms with Crippen molar-refractivity contribution in [3.63, 3.8) is 0 Å². The molecule has 130 valence electrons. The molecule has 0 bridgehead atoms. The van der Waals surface area contributed by atoms with E-state index in [4.69, 9.17) is 4.74 Å². The van der Waals surface area contributed by atoms with E-state index in [1.54, 1.807) is 18.2 Å². The minimum absolute atomic E-state index is 0.153. The minimum Gasteiger partial charge on any atom is -0.494 e. The molecule has 0 radical (unpaired) electrons. The molecule has 0 aliphatic heterocycles. The van der Waals surface area contributed by atoms with Crippen LogP contribution in [0.4, 0.5) is 4.39 Å². The van der Waals surface area contributed by atoms with Crippen LogP contribution in [0.2, 0.25) is 0 Å². The van der Waals surface area contributed by atoms with Gasteiger partial charge in [-0.1, -0.05) is 0 Å². The van der Waals surface area contributed by atoms with E-state index in [0.29, 0.717) is 29.5 Å². The van der Waals surface area contributed by atoms with Crippen molar-refractivity contribution < 1.29 is 13.9 Å². The summed E-state index contributed by atoms with van der Waals surface area (Å²) in [6.45, 7) is 1.05. The topological polar surface area (TPSA) is 81.9 Å². The lowest BCUT2D eigenvalue weighted by atomic mass is 10.3. The van der Waals surface area contributed by atoms with Crippen LogP contribution < -0.4 is 10.1 Å². The molecule has 3 aromatic rings. The molecule has 0 saturated heterocycles. The Morgan fingerprint density at radius 1 is 1.24 bits per heavy atom. The number of nitrogens with zero attached hydrogens (tertiary/aromatic N) is 4. The van der Waals surface area contributed by atoms with Crippen molar-refractivity contribution in [2.75, 3.05) is 13.2 Å². The summed E-state index contributed by atoms with van der Waals surface area (Å²) in [7, 11) is 0. The Morgan fingerprint density at radius 2 is 2.08 bits per heavy atom. The average Bonchev–Trinajstić information content (AvgIpc) is 3.30. The average molecular weight is 361 g/mol. The Bertz CT molecular complexity index is 804. The number of carbonyl (C=O) groups excluding carboxylic acids is 1. The van der Waals surface area contributed by atoms with Crippen LogP contribution in [0.5, 0.6) is 5.75 Å². The molecule has 0 spiro atoms. The number of tetrazole rings is 1. The Morgan fingerprint density at radius 3 is 2.84 bits per heavy atom. The van der Waals surface area contributed by atoms with E-state index in [2.05, 4.69) is 20.8 Å². The van der Waals surface area contributed by atoms with Gasteiger partial charge < -0.3 is 10.1 Å². The molecule has 1 amide bonds. The van der Waals surface area contributed by atoms with Gasteiger partial charge in [0.15, 0.2) is 0 Å². The highest BCUT2D eigenvalue weighted by Crippen LogP contribution is 2.19. The molecule has 0 atom stereocenters. The third kappa shape index (κ3) is 4.60. The molecule has 9 heteroatoms. The van der Waals surface area contributed by atoms with Crippen molar-refractivity contribution in [2.24, 2.45) is 0 Å². The van der Waals surface area contributed by atoms with E-state index in [1.807, 2.05) is 5.38 Å². The van der Waals surface area contributed by atoms with Gasteiger partial charge in [0, 0.05) is 6.54 Å². The van der Waals surface area contributed by atoms with E-state index in [1.165, 1.54) is 34.5 Å². The van der Waals surface area contributed by atoms with Crippen molar-refractivity contribution in [2.45, 2.75) is 12.8 Å². The number of halogens is 1. The normalized spacial score (nSPS) is 10.6. The summed E-state index contributed by atoms with van der Waals surface area (Å²) in [6.07, 6.45) is 3.01. The second-order valence-electron chi connectivity index (χ2n) is 5.15. The monoisotopic (exact) mass is 361 g/mol. The maximum absolute atomic E-state index is 12.8. The molecule has 2 heterocycles. The van der Waals surface area contributed by atoms with Gasteiger partial charge in [-0.3, -0.25) is 4.79 Å². The van der Waals surface area contributed by atoms with E-state index in [0.717, 1.165) is 12.8 Å². The third-order valence-corrected chi connectivity index (χ3v) is 4.29. The summed E-state index contributed by atoms with van der Waals surface area (Å²) in [5, 5.41) is 15.6. The number of thiophene rings is 1. The molecular formula is C16H16FN5O2S. The van der Waals surface area contributed by atoms with Crippen LogP contribution in [0, 0.1) is 5.82 Å². The maximum atomic E-state index is 12.8. The van der Waals surface area contributed by atoms with Gasteiger partial charge in [0.2, 0.25) is 0 Å². The molecular weight excluding hydrogens is 345 g/mol. The first-order valence-electron chi connectivity index (χ1n) is 7.71. The number of hydrogen-bond donors (Lipinski definition) is 1. The molecule has 0 unspecified atom stereocenters. The van der Waals surface area contributed by atoms with Gasteiger partial charge in [-0.25, -0.2) is 4.39 Å². The van der Waals surface area contributed by atoms with Crippen LogP contribution in [-0.4, -0.2) is 39.3 Å². The summed E-state index contributed by atoms with van der Waals surface area (Å²) >= 11 is 1.34. The van der Waals surface area contributed by atoms with Gasteiger partial charge in [0.05, 0.1) is 12.3 Å². The number of amides is 1. The lowest BCUT2D eigenvalue weighted by Gasteiger charge is -2.07. The van der Waals surface area contributed by atoms with Crippen molar-refractivity contribution in [3.8, 4) is 11.4 Å². The zero-order chi connectivity index (χ0) is 17.5. The lowest BCUT2D eigenvalue weighted by Crippen LogP contribution is -2.25. The van der Waals surface area contributed by atoms with Crippen LogP contribution in [0.3, 0.4) is 0 Å². The lowest BCUT2D eigenvalue weighted by molar-refractivity contribution is 0.0956. The second kappa shape index (κ2) is 8.34. The largest absolute Gasteiger partial charge is 0.494 e. The zero-order valence-electron chi connectivity index (χ0n) is 13.3. The van der Waals surface area contributed by atoms with Gasteiger partial charge in [0.1, 0.15) is 22.8 Å². The fourth-order valence-corrected chi connectivity index (χ4v) is 2.95. The predicted molar refractivity (Wildman–Crippen MR) is 90.5 cm³/mol. The van der Waals surface area contributed by atoms with Gasteiger partial charge in [-0.2, -0.15) is 4.68 Å². The Kier molecular flexibility index (Phi) is 5.68. The van der Waals surface area contributed by atoms with Crippen molar-refractivity contribution in [1.82, 2.24) is 25.5 Å². The van der Waals surface area contributed by atoms with Gasteiger partial charge in [-0.15, -0.1) is 16.4 Å². The standard InChI is InChI=1S/C16H16FN5O2S/c17-12-3-5-13(6-4-12)24-9-2-1-8-18-16(23)15-14(7-10-25-15)22-11-19-20-21-22/h3-7,10-11H,1-2,8-9H2,(H,18,23). The smallest absolute Gasteiger partial charge is 0.263 e. The molecule has 25 heavy (non-hydrogen) atoms. The molecule has 0 aliphatic carbocycles. The molecule has 1 N–H and O–H groups in total. The van der Waals surface area contributed by atoms with Gasteiger partial charge in [-0.05, 0) is 59.0 Å². The molecule has 0 saturated carbocycles. The number of carbonyl (C=O) groups is 1. The first-order chi connectivity index (χ1) is 12.2. The van der Waals surface area contributed by atoms with E-state index < -0.39 is 0 Å². The molecule has 3 rings (SSSR count). The fraction of sp³-hybridized carbons (Fsp3) is 0.250.